The van der Waals surface area contributed by atoms with Crippen molar-refractivity contribution in [3.63, 3.8) is 0 Å². The van der Waals surface area contributed by atoms with E-state index in [4.69, 9.17) is 9.47 Å². The molecule has 2 aliphatic heterocycles. The first-order valence-corrected chi connectivity index (χ1v) is 8.56. The number of rotatable bonds is 4. The summed E-state index contributed by atoms with van der Waals surface area (Å²) >= 11 is 1.52. The topological polar surface area (TPSA) is 38.8 Å². The lowest BCUT2D eigenvalue weighted by Crippen LogP contribution is -2.50. The van der Waals surface area contributed by atoms with E-state index in [0.717, 1.165) is 56.9 Å². The maximum absolute atomic E-state index is 12.5. The molecule has 4 nitrogen and oxygen atoms in total. The van der Waals surface area contributed by atoms with Gasteiger partial charge in [-0.15, -0.1) is 11.3 Å². The number of carbonyl (C=O) groups excluding carboxylic acids is 1. The molecule has 0 N–H and O–H groups in total. The molecule has 3 heterocycles. The Morgan fingerprint density at radius 1 is 1.62 bits per heavy atom. The number of hydrogen-bond acceptors (Lipinski definition) is 4. The Morgan fingerprint density at radius 2 is 2.52 bits per heavy atom. The predicted molar refractivity (Wildman–Crippen MR) is 82.7 cm³/mol. The van der Waals surface area contributed by atoms with Crippen LogP contribution in [0.15, 0.2) is 17.5 Å². The fourth-order valence-corrected chi connectivity index (χ4v) is 4.21. The van der Waals surface area contributed by atoms with Crippen LogP contribution in [0.4, 0.5) is 0 Å². The zero-order valence-corrected chi connectivity index (χ0v) is 13.4. The largest absolute Gasteiger partial charge is 0.385 e. The van der Waals surface area contributed by atoms with Gasteiger partial charge < -0.3 is 14.4 Å². The molecule has 0 radical (unpaired) electrons. The van der Waals surface area contributed by atoms with Crippen LogP contribution < -0.4 is 0 Å². The van der Waals surface area contributed by atoms with E-state index in [-0.39, 0.29) is 11.5 Å². The van der Waals surface area contributed by atoms with E-state index in [2.05, 4.69) is 0 Å². The van der Waals surface area contributed by atoms with E-state index in [1.807, 2.05) is 22.4 Å². The summed E-state index contributed by atoms with van der Waals surface area (Å²) in [6.07, 6.45) is 4.22. The quantitative estimate of drug-likeness (QED) is 0.858. The number of carbonyl (C=O) groups is 1. The van der Waals surface area contributed by atoms with Gasteiger partial charge >= 0.3 is 0 Å². The lowest BCUT2D eigenvalue weighted by atomic mass is 9.85. The maximum Gasteiger partial charge on any atom is 0.264 e. The molecule has 0 unspecified atom stereocenters. The highest BCUT2D eigenvalue weighted by Crippen LogP contribution is 2.39. The molecule has 2 aliphatic rings. The second kappa shape index (κ2) is 6.46. The Morgan fingerprint density at radius 3 is 3.29 bits per heavy atom. The third-order valence-corrected chi connectivity index (χ3v) is 5.43. The molecule has 0 bridgehead atoms. The van der Waals surface area contributed by atoms with Crippen molar-refractivity contribution in [1.29, 1.82) is 0 Å². The van der Waals surface area contributed by atoms with E-state index in [1.165, 1.54) is 11.3 Å². The molecule has 1 aromatic rings. The number of hydrogen-bond donors (Lipinski definition) is 0. The summed E-state index contributed by atoms with van der Waals surface area (Å²) in [4.78, 5) is 15.3. The summed E-state index contributed by atoms with van der Waals surface area (Å²) in [5.41, 5.74) is -0.108. The highest BCUT2D eigenvalue weighted by Gasteiger charge is 2.44. The molecule has 116 valence electrons. The molecule has 1 spiro atoms. The molecule has 21 heavy (non-hydrogen) atoms. The maximum atomic E-state index is 12.5. The third-order valence-electron chi connectivity index (χ3n) is 4.57. The Bertz CT molecular complexity index is 476. The van der Waals surface area contributed by atoms with Crippen molar-refractivity contribution in [1.82, 2.24) is 4.90 Å². The highest BCUT2D eigenvalue weighted by molar-refractivity contribution is 7.12. The second-order valence-electron chi connectivity index (χ2n) is 6.15. The van der Waals surface area contributed by atoms with Crippen LogP contribution in [0.25, 0.3) is 0 Å². The Labute approximate surface area is 130 Å². The van der Waals surface area contributed by atoms with Gasteiger partial charge in [-0.3, -0.25) is 4.79 Å². The zero-order chi connectivity index (χ0) is 14.7. The van der Waals surface area contributed by atoms with Gasteiger partial charge in [0.2, 0.25) is 0 Å². The Balaban J connectivity index is 1.62. The Kier molecular flexibility index (Phi) is 4.62. The fourth-order valence-electron chi connectivity index (χ4n) is 3.52. The number of nitrogens with zero attached hydrogens (tertiary/aromatic N) is 1. The minimum absolute atomic E-state index is 0.108. The van der Waals surface area contributed by atoms with Crippen molar-refractivity contribution in [3.05, 3.63) is 22.4 Å². The number of likely N-dealkylation sites (tertiary alicyclic amines) is 1. The fraction of sp³-hybridized carbons (Fsp3) is 0.688. The van der Waals surface area contributed by atoms with Crippen LogP contribution in [0.1, 0.15) is 35.4 Å². The van der Waals surface area contributed by atoms with Crippen molar-refractivity contribution in [2.75, 3.05) is 33.4 Å². The van der Waals surface area contributed by atoms with Crippen LogP contribution in [0.3, 0.4) is 0 Å². The molecule has 5 heteroatoms. The highest BCUT2D eigenvalue weighted by atomic mass is 32.1. The van der Waals surface area contributed by atoms with Crippen LogP contribution in [0.2, 0.25) is 0 Å². The first-order chi connectivity index (χ1) is 10.2. The van der Waals surface area contributed by atoms with Crippen molar-refractivity contribution in [3.8, 4) is 0 Å². The van der Waals surface area contributed by atoms with E-state index < -0.39 is 0 Å². The van der Waals surface area contributed by atoms with Gasteiger partial charge in [-0.2, -0.15) is 0 Å². The molecule has 2 atom stereocenters. The average molecular weight is 309 g/mol. The summed E-state index contributed by atoms with van der Waals surface area (Å²) in [6.45, 7) is 3.20. The standard InChI is InChI=1S/C16H23NO3S/c1-19-8-5-13-10-16(20-11-13)6-3-7-17(12-16)15(18)14-4-2-9-21-14/h2,4,9,13H,3,5-8,10-12H2,1H3/t13-,16+/m1/s1. The monoisotopic (exact) mass is 309 g/mol. The molecular weight excluding hydrogens is 286 g/mol. The van der Waals surface area contributed by atoms with Gasteiger partial charge in [0, 0.05) is 20.3 Å². The molecule has 3 rings (SSSR count). The lowest BCUT2D eigenvalue weighted by Gasteiger charge is -2.39. The number of amides is 1. The summed E-state index contributed by atoms with van der Waals surface area (Å²) in [7, 11) is 1.74. The van der Waals surface area contributed by atoms with Crippen LogP contribution in [0, 0.1) is 5.92 Å². The van der Waals surface area contributed by atoms with Crippen LogP contribution in [0.5, 0.6) is 0 Å². The molecule has 0 aromatic carbocycles. The van der Waals surface area contributed by atoms with Gasteiger partial charge in [-0.1, -0.05) is 6.07 Å². The van der Waals surface area contributed by atoms with E-state index in [9.17, 15) is 4.79 Å². The number of piperidine rings is 1. The molecular formula is C16H23NO3S. The van der Waals surface area contributed by atoms with Crippen molar-refractivity contribution in [2.24, 2.45) is 5.92 Å². The van der Waals surface area contributed by atoms with Gasteiger partial charge in [0.25, 0.3) is 5.91 Å². The number of thiophene rings is 1. The molecule has 2 saturated heterocycles. The second-order valence-corrected chi connectivity index (χ2v) is 7.10. The molecule has 0 aliphatic carbocycles. The summed E-state index contributed by atoms with van der Waals surface area (Å²) in [5, 5.41) is 1.96. The third kappa shape index (κ3) is 3.30. The molecule has 2 fully saturated rings. The zero-order valence-electron chi connectivity index (χ0n) is 12.5. The minimum Gasteiger partial charge on any atom is -0.385 e. The Hall–Kier alpha value is -0.910. The van der Waals surface area contributed by atoms with Crippen molar-refractivity contribution in [2.45, 2.75) is 31.3 Å². The predicted octanol–water partition coefficient (Wildman–Crippen LogP) is 2.80. The summed E-state index contributed by atoms with van der Waals surface area (Å²) in [6, 6.07) is 3.84. The molecule has 1 aromatic heterocycles. The van der Waals surface area contributed by atoms with Gasteiger partial charge in [-0.05, 0) is 43.0 Å². The number of methoxy groups -OCH3 is 1. The SMILES string of the molecule is COCC[C@H]1CO[C@@]2(CCCN(C(=O)c3cccs3)C2)C1. The summed E-state index contributed by atoms with van der Waals surface area (Å²) < 4.78 is 11.3. The summed E-state index contributed by atoms with van der Waals surface area (Å²) in [5.74, 6) is 0.731. The molecule has 1 amide bonds. The molecule has 0 saturated carbocycles. The van der Waals surface area contributed by atoms with E-state index >= 15 is 0 Å². The smallest absolute Gasteiger partial charge is 0.264 e. The van der Waals surface area contributed by atoms with E-state index in [0.29, 0.717) is 5.92 Å². The normalized spacial score (nSPS) is 29.2. The van der Waals surface area contributed by atoms with Crippen molar-refractivity contribution < 1.29 is 14.3 Å². The average Bonchev–Trinajstić information content (AvgIpc) is 3.15. The van der Waals surface area contributed by atoms with Gasteiger partial charge in [0.15, 0.2) is 0 Å². The number of ether oxygens (including phenoxy) is 2. The van der Waals surface area contributed by atoms with Gasteiger partial charge in [0.1, 0.15) is 0 Å². The van der Waals surface area contributed by atoms with E-state index in [1.54, 1.807) is 7.11 Å². The lowest BCUT2D eigenvalue weighted by molar-refractivity contribution is -0.0449. The van der Waals surface area contributed by atoms with Gasteiger partial charge in [-0.25, -0.2) is 0 Å². The van der Waals surface area contributed by atoms with Crippen molar-refractivity contribution >= 4 is 17.2 Å². The first-order valence-electron chi connectivity index (χ1n) is 7.68. The van der Waals surface area contributed by atoms with Crippen LogP contribution >= 0.6 is 11.3 Å². The first kappa shape index (κ1) is 15.0. The van der Waals surface area contributed by atoms with Gasteiger partial charge in [0.05, 0.1) is 23.6 Å². The van der Waals surface area contributed by atoms with Crippen LogP contribution in [-0.2, 0) is 9.47 Å². The van der Waals surface area contributed by atoms with Crippen LogP contribution in [-0.4, -0.2) is 49.8 Å². The minimum atomic E-state index is -0.108.